The number of benzene rings is 3. The molecule has 0 fully saturated rings. The number of nitrogens with zero attached hydrogens (tertiary/aromatic N) is 4. The van der Waals surface area contributed by atoms with Crippen LogP contribution in [-0.4, -0.2) is 31.5 Å². The van der Waals surface area contributed by atoms with E-state index < -0.39 is 5.91 Å². The van der Waals surface area contributed by atoms with Gasteiger partial charge < -0.3 is 4.57 Å². The number of aliphatic imine (C=N–C) groups is 1. The smallest absolute Gasteiger partial charge is 0.283 e. The van der Waals surface area contributed by atoms with E-state index in [9.17, 15) is 4.79 Å². The first-order valence-corrected chi connectivity index (χ1v) is 14.2. The largest absolute Gasteiger partial charge is 0.342 e. The Morgan fingerprint density at radius 1 is 0.974 bits per heavy atom. The summed E-state index contributed by atoms with van der Waals surface area (Å²) in [5.74, 6) is 0.307. The number of halogens is 2. The number of aromatic nitrogens is 1. The monoisotopic (exact) mass is 575 g/mol. The minimum atomic E-state index is -0.454. The molecule has 0 atom stereocenters. The van der Waals surface area contributed by atoms with E-state index in [0.29, 0.717) is 32.7 Å². The molecular formula is C28H19Cl2N5OS2. The minimum absolute atomic E-state index is 0.0651. The molecule has 1 aromatic heterocycles. The van der Waals surface area contributed by atoms with Crippen molar-refractivity contribution >= 4 is 86.0 Å². The number of carbonyl (C=O) groups is 1. The van der Waals surface area contributed by atoms with Gasteiger partial charge in [0.25, 0.3) is 5.91 Å². The summed E-state index contributed by atoms with van der Waals surface area (Å²) < 4.78 is 6.53. The fourth-order valence-electron chi connectivity index (χ4n) is 4.35. The van der Waals surface area contributed by atoms with E-state index in [0.717, 1.165) is 39.5 Å². The molecule has 1 amide bonds. The molecule has 10 heteroatoms. The van der Waals surface area contributed by atoms with E-state index in [2.05, 4.69) is 14.0 Å². The number of carbonyl (C=O) groups excluding carboxylic acids is 1. The van der Waals surface area contributed by atoms with Gasteiger partial charge in [0.1, 0.15) is 5.84 Å². The zero-order valence-corrected chi connectivity index (χ0v) is 22.9. The van der Waals surface area contributed by atoms with Gasteiger partial charge in [-0.1, -0.05) is 89.6 Å². The van der Waals surface area contributed by atoms with Gasteiger partial charge in [0.2, 0.25) is 5.17 Å². The van der Waals surface area contributed by atoms with Crippen molar-refractivity contribution in [3.05, 3.63) is 111 Å². The molecule has 0 bridgehead atoms. The predicted octanol–water partition coefficient (Wildman–Crippen LogP) is 7.51. The molecule has 2 aliphatic heterocycles. The Balaban J connectivity index is 1.33. The standard InChI is InChI=1S/C28H19Cl2N5OS2/c29-22-10-6-11-23(30)21(22)15-34-14-18(19-9-4-5-12-24(19)34)13-20-25(31)35-27(32-26(20)36)38-33-28(35)37-16-17-7-2-1-3-8-17/h1-14,31H,15-16H2. The van der Waals surface area contributed by atoms with E-state index in [1.165, 1.54) is 11.8 Å². The normalized spacial score (nSPS) is 16.3. The molecule has 0 saturated heterocycles. The summed E-state index contributed by atoms with van der Waals surface area (Å²) in [6.45, 7) is 0.464. The Hall–Kier alpha value is -3.30. The number of nitrogens with one attached hydrogen (secondary N) is 1. The second-order valence-corrected chi connectivity index (χ2v) is 11.1. The van der Waals surface area contributed by atoms with Gasteiger partial charge in [-0.15, -0.1) is 0 Å². The highest BCUT2D eigenvalue weighted by molar-refractivity contribution is 8.18. The third-order valence-corrected chi connectivity index (χ3v) is 8.75. The van der Waals surface area contributed by atoms with Crippen molar-refractivity contribution in [2.24, 2.45) is 9.39 Å². The predicted molar refractivity (Wildman–Crippen MR) is 160 cm³/mol. The number of thioether (sulfide) groups is 1. The van der Waals surface area contributed by atoms with E-state index in [4.69, 9.17) is 28.6 Å². The third kappa shape index (κ3) is 4.69. The van der Waals surface area contributed by atoms with E-state index in [1.807, 2.05) is 79.0 Å². The highest BCUT2D eigenvalue weighted by Gasteiger charge is 2.37. The van der Waals surface area contributed by atoms with Crippen LogP contribution in [0.5, 0.6) is 0 Å². The van der Waals surface area contributed by atoms with Crippen LogP contribution in [0.4, 0.5) is 0 Å². The molecule has 1 N–H and O–H groups in total. The molecule has 3 heterocycles. The van der Waals surface area contributed by atoms with Gasteiger partial charge in [0.05, 0.1) is 24.1 Å². The molecule has 0 spiro atoms. The zero-order chi connectivity index (χ0) is 26.2. The van der Waals surface area contributed by atoms with Crippen LogP contribution < -0.4 is 0 Å². The molecule has 0 saturated carbocycles. The number of hydrogen-bond acceptors (Lipinski definition) is 5. The number of amides is 1. The molecule has 6 rings (SSSR count). The van der Waals surface area contributed by atoms with Gasteiger partial charge >= 0.3 is 0 Å². The Morgan fingerprint density at radius 2 is 1.71 bits per heavy atom. The fourth-order valence-corrected chi connectivity index (χ4v) is 6.66. The molecule has 188 valence electrons. The van der Waals surface area contributed by atoms with Crippen molar-refractivity contribution < 1.29 is 4.79 Å². The highest BCUT2D eigenvalue weighted by Crippen LogP contribution is 2.34. The van der Waals surface area contributed by atoms with Crippen LogP contribution in [-0.2, 0) is 17.1 Å². The molecule has 4 aromatic rings. The summed E-state index contributed by atoms with van der Waals surface area (Å²) >= 11 is 15.5. The van der Waals surface area contributed by atoms with Crippen LogP contribution in [0.15, 0.2) is 94.0 Å². The molecule has 2 aliphatic rings. The molecule has 0 aliphatic carbocycles. The summed E-state index contributed by atoms with van der Waals surface area (Å²) in [6, 6.07) is 23.4. The summed E-state index contributed by atoms with van der Waals surface area (Å²) in [5, 5.41) is 12.1. The Labute approximate surface area is 237 Å². The molecule has 0 unspecified atom stereocenters. The van der Waals surface area contributed by atoms with Crippen molar-refractivity contribution in [2.75, 3.05) is 0 Å². The van der Waals surface area contributed by atoms with Gasteiger partial charge in [-0.05, 0) is 29.8 Å². The first-order chi connectivity index (χ1) is 18.5. The first-order valence-electron chi connectivity index (χ1n) is 11.7. The Kier molecular flexibility index (Phi) is 6.88. The van der Waals surface area contributed by atoms with Gasteiger partial charge in [0.15, 0.2) is 5.17 Å². The fraction of sp³-hybridized carbons (Fsp3) is 0.0714. The maximum atomic E-state index is 13.0. The lowest BCUT2D eigenvalue weighted by Crippen LogP contribution is -2.41. The average molecular weight is 577 g/mol. The van der Waals surface area contributed by atoms with Crippen molar-refractivity contribution in [1.29, 1.82) is 5.41 Å². The van der Waals surface area contributed by atoms with Crippen LogP contribution >= 0.6 is 46.9 Å². The third-order valence-electron chi connectivity index (χ3n) is 6.21. The number of rotatable bonds is 5. The van der Waals surface area contributed by atoms with Crippen molar-refractivity contribution in [3.63, 3.8) is 0 Å². The van der Waals surface area contributed by atoms with Crippen molar-refractivity contribution in [3.8, 4) is 0 Å². The molecule has 38 heavy (non-hydrogen) atoms. The maximum Gasteiger partial charge on any atom is 0.283 e. The molecule has 0 radical (unpaired) electrons. The highest BCUT2D eigenvalue weighted by atomic mass is 35.5. The summed E-state index contributed by atoms with van der Waals surface area (Å²) in [6.07, 6.45) is 3.69. The quantitative estimate of drug-likeness (QED) is 0.197. The zero-order valence-electron chi connectivity index (χ0n) is 19.8. The second-order valence-electron chi connectivity index (χ2n) is 8.61. The van der Waals surface area contributed by atoms with Gasteiger partial charge in [-0.2, -0.15) is 9.39 Å². The Morgan fingerprint density at radius 3 is 2.50 bits per heavy atom. The first kappa shape index (κ1) is 25.0. The van der Waals surface area contributed by atoms with Crippen LogP contribution in [0.1, 0.15) is 16.7 Å². The summed E-state index contributed by atoms with van der Waals surface area (Å²) in [7, 11) is 0. The topological polar surface area (TPSA) is 73.8 Å². The minimum Gasteiger partial charge on any atom is -0.342 e. The van der Waals surface area contributed by atoms with Gasteiger partial charge in [-0.3, -0.25) is 10.2 Å². The number of para-hydroxylation sites is 1. The van der Waals surface area contributed by atoms with E-state index >= 15 is 0 Å². The molecular weight excluding hydrogens is 557 g/mol. The summed E-state index contributed by atoms with van der Waals surface area (Å²) in [4.78, 5) is 18.9. The lowest BCUT2D eigenvalue weighted by molar-refractivity contribution is -0.114. The van der Waals surface area contributed by atoms with Gasteiger partial charge in [0, 0.05) is 44.0 Å². The lowest BCUT2D eigenvalue weighted by atomic mass is 10.1. The second kappa shape index (κ2) is 10.5. The molecule has 3 aromatic carbocycles. The number of amidine groups is 3. The lowest BCUT2D eigenvalue weighted by Gasteiger charge is -2.24. The van der Waals surface area contributed by atoms with Crippen LogP contribution in [0, 0.1) is 5.41 Å². The van der Waals surface area contributed by atoms with E-state index in [1.54, 1.807) is 11.0 Å². The SMILES string of the molecule is N=C1C(=Cc2cn(Cc3c(Cl)cccc3Cl)c3ccccc23)C(=O)N=C2SN=C(SCc3ccccc3)N12. The summed E-state index contributed by atoms with van der Waals surface area (Å²) in [5.41, 5.74) is 3.95. The van der Waals surface area contributed by atoms with Crippen molar-refractivity contribution in [2.45, 2.75) is 12.3 Å². The van der Waals surface area contributed by atoms with Crippen LogP contribution in [0.3, 0.4) is 0 Å². The Bertz CT molecular complexity index is 1670. The maximum absolute atomic E-state index is 13.0. The van der Waals surface area contributed by atoms with Crippen LogP contribution in [0.25, 0.3) is 17.0 Å². The number of hydrogen-bond donors (Lipinski definition) is 1. The average Bonchev–Trinajstić information content (AvgIpc) is 3.49. The van der Waals surface area contributed by atoms with Gasteiger partial charge in [-0.25, -0.2) is 4.90 Å². The van der Waals surface area contributed by atoms with Crippen molar-refractivity contribution in [1.82, 2.24) is 9.47 Å². The molecule has 6 nitrogen and oxygen atoms in total. The van der Waals surface area contributed by atoms with E-state index in [-0.39, 0.29) is 11.4 Å². The van der Waals surface area contributed by atoms with Crippen LogP contribution in [0.2, 0.25) is 10.0 Å². The number of fused-ring (bicyclic) bond motifs is 2.